The van der Waals surface area contributed by atoms with Crippen LogP contribution < -0.4 is 5.32 Å². The molecule has 1 unspecified atom stereocenters. The predicted octanol–water partition coefficient (Wildman–Crippen LogP) is -0.711. The molecule has 0 radical (unpaired) electrons. The van der Waals surface area contributed by atoms with Gasteiger partial charge in [-0.2, -0.15) is 0 Å². The maximum atomic E-state index is 10.3. The van der Waals surface area contributed by atoms with Gasteiger partial charge < -0.3 is 15.5 Å². The number of carboxylic acid groups (broad SMARTS) is 1. The summed E-state index contributed by atoms with van der Waals surface area (Å²) in [5, 5.41) is 19.6. The molecule has 0 spiro atoms. The lowest BCUT2D eigenvalue weighted by molar-refractivity contribution is -0.142. The van der Waals surface area contributed by atoms with E-state index in [2.05, 4.69) is 5.32 Å². The normalized spacial score (nSPS) is 13.0. The third-order valence-electron chi connectivity index (χ3n) is 1.28. The number of nitrogens with one attached hydrogen (secondary N) is 1. The number of hydrogen-bond donors (Lipinski definition) is 3. The third kappa shape index (κ3) is 3.42. The summed E-state index contributed by atoms with van der Waals surface area (Å²) in [7, 11) is 1.69. The molecule has 0 amide bonds. The van der Waals surface area contributed by atoms with Gasteiger partial charge in [-0.25, -0.2) is 0 Å². The Morgan fingerprint density at radius 1 is 1.70 bits per heavy atom. The Kier molecular flexibility index (Phi) is 4.88. The first-order valence-electron chi connectivity index (χ1n) is 3.20. The molecule has 60 valence electrons. The Morgan fingerprint density at radius 3 is 2.60 bits per heavy atom. The molecular weight excluding hydrogens is 134 g/mol. The molecule has 1 atom stereocenters. The molecule has 0 saturated carbocycles. The Balaban J connectivity index is 3.61. The van der Waals surface area contributed by atoms with Crippen molar-refractivity contribution in [2.75, 3.05) is 20.2 Å². The van der Waals surface area contributed by atoms with Crippen molar-refractivity contribution in [3.8, 4) is 0 Å². The van der Waals surface area contributed by atoms with E-state index < -0.39 is 11.9 Å². The monoisotopic (exact) mass is 147 g/mol. The van der Waals surface area contributed by atoms with Crippen molar-refractivity contribution in [3.63, 3.8) is 0 Å². The van der Waals surface area contributed by atoms with Crippen LogP contribution in [0, 0.1) is 5.92 Å². The van der Waals surface area contributed by atoms with Gasteiger partial charge >= 0.3 is 5.97 Å². The van der Waals surface area contributed by atoms with Crippen LogP contribution in [0.1, 0.15) is 6.42 Å². The van der Waals surface area contributed by atoms with Crippen molar-refractivity contribution in [1.29, 1.82) is 0 Å². The first-order chi connectivity index (χ1) is 4.72. The number of aliphatic carboxylic acids is 1. The van der Waals surface area contributed by atoms with Crippen LogP contribution in [-0.4, -0.2) is 36.4 Å². The van der Waals surface area contributed by atoms with Gasteiger partial charge in [-0.1, -0.05) is 0 Å². The third-order valence-corrected chi connectivity index (χ3v) is 1.28. The maximum Gasteiger partial charge on any atom is 0.307 e. The van der Waals surface area contributed by atoms with Crippen LogP contribution in [0.3, 0.4) is 0 Å². The summed E-state index contributed by atoms with van der Waals surface area (Å²) < 4.78 is 0. The number of carboxylic acids is 1. The van der Waals surface area contributed by atoms with Gasteiger partial charge in [-0.05, 0) is 13.5 Å². The summed E-state index contributed by atoms with van der Waals surface area (Å²) in [6.07, 6.45) is 0.316. The molecule has 10 heavy (non-hydrogen) atoms. The molecule has 4 heteroatoms. The Bertz CT molecular complexity index is 99.2. The fraction of sp³-hybridized carbons (Fsp3) is 0.833. The molecule has 0 aromatic rings. The van der Waals surface area contributed by atoms with E-state index in [1.54, 1.807) is 7.05 Å². The first kappa shape index (κ1) is 9.39. The summed E-state index contributed by atoms with van der Waals surface area (Å²) in [5.74, 6) is -1.32. The second-order valence-corrected chi connectivity index (χ2v) is 2.11. The van der Waals surface area contributed by atoms with Crippen LogP contribution in [0.2, 0.25) is 0 Å². The lowest BCUT2D eigenvalue weighted by Crippen LogP contribution is -2.26. The van der Waals surface area contributed by atoms with Crippen molar-refractivity contribution in [2.45, 2.75) is 6.42 Å². The summed E-state index contributed by atoms with van der Waals surface area (Å²) in [5.41, 5.74) is 0. The Hall–Kier alpha value is -0.610. The summed E-state index contributed by atoms with van der Waals surface area (Å²) in [4.78, 5) is 10.3. The number of rotatable bonds is 5. The van der Waals surface area contributed by atoms with Crippen molar-refractivity contribution < 1.29 is 15.0 Å². The van der Waals surface area contributed by atoms with Gasteiger partial charge in [-0.15, -0.1) is 0 Å². The van der Waals surface area contributed by atoms with E-state index in [0.717, 1.165) is 0 Å². The fourth-order valence-electron chi connectivity index (χ4n) is 0.715. The van der Waals surface area contributed by atoms with Gasteiger partial charge in [0.1, 0.15) is 0 Å². The number of carbonyl (C=O) groups is 1. The van der Waals surface area contributed by atoms with Gasteiger partial charge in [0, 0.05) is 13.2 Å². The van der Waals surface area contributed by atoms with E-state index in [1.165, 1.54) is 0 Å². The first-order valence-corrected chi connectivity index (χ1v) is 3.20. The van der Waals surface area contributed by atoms with Crippen molar-refractivity contribution in [1.82, 2.24) is 5.32 Å². The molecule has 0 bridgehead atoms. The maximum absolute atomic E-state index is 10.3. The average Bonchev–Trinajstić information content (AvgIpc) is 1.87. The van der Waals surface area contributed by atoms with E-state index >= 15 is 0 Å². The minimum absolute atomic E-state index is 0.0708. The SMILES string of the molecule is CNCC(CCO)C(=O)O. The van der Waals surface area contributed by atoms with E-state index in [-0.39, 0.29) is 6.61 Å². The highest BCUT2D eigenvalue weighted by molar-refractivity contribution is 5.70. The van der Waals surface area contributed by atoms with Crippen molar-refractivity contribution in [2.24, 2.45) is 5.92 Å². The van der Waals surface area contributed by atoms with Gasteiger partial charge in [-0.3, -0.25) is 4.79 Å². The van der Waals surface area contributed by atoms with Crippen LogP contribution in [0.4, 0.5) is 0 Å². The lowest BCUT2D eigenvalue weighted by Gasteiger charge is -2.08. The molecular formula is C6H13NO3. The molecule has 0 aliphatic carbocycles. The molecule has 0 aliphatic rings. The molecule has 0 aliphatic heterocycles. The smallest absolute Gasteiger partial charge is 0.307 e. The summed E-state index contributed by atoms with van der Waals surface area (Å²) in [6.45, 7) is 0.342. The lowest BCUT2D eigenvalue weighted by atomic mass is 10.1. The number of aliphatic hydroxyl groups excluding tert-OH is 1. The second-order valence-electron chi connectivity index (χ2n) is 2.11. The molecule has 0 heterocycles. The standard InChI is InChI=1S/C6H13NO3/c1-7-4-5(2-3-8)6(9)10/h5,7-8H,2-4H2,1H3,(H,9,10). The average molecular weight is 147 g/mol. The van der Waals surface area contributed by atoms with E-state index in [9.17, 15) is 4.79 Å². The van der Waals surface area contributed by atoms with Crippen LogP contribution in [0.5, 0.6) is 0 Å². The predicted molar refractivity (Wildman–Crippen MR) is 36.8 cm³/mol. The minimum Gasteiger partial charge on any atom is -0.481 e. The molecule has 0 saturated heterocycles. The molecule has 4 nitrogen and oxygen atoms in total. The number of hydrogen-bond acceptors (Lipinski definition) is 3. The Morgan fingerprint density at radius 2 is 2.30 bits per heavy atom. The number of aliphatic hydroxyl groups is 1. The zero-order chi connectivity index (χ0) is 7.98. The van der Waals surface area contributed by atoms with Crippen LogP contribution in [0.15, 0.2) is 0 Å². The topological polar surface area (TPSA) is 69.6 Å². The molecule has 3 N–H and O–H groups in total. The van der Waals surface area contributed by atoms with Gasteiger partial charge in [0.2, 0.25) is 0 Å². The van der Waals surface area contributed by atoms with Crippen LogP contribution in [-0.2, 0) is 4.79 Å². The van der Waals surface area contributed by atoms with Crippen LogP contribution in [0.25, 0.3) is 0 Å². The molecule has 0 aromatic carbocycles. The molecule has 0 fully saturated rings. The van der Waals surface area contributed by atoms with Crippen LogP contribution >= 0.6 is 0 Å². The fourth-order valence-corrected chi connectivity index (χ4v) is 0.715. The van der Waals surface area contributed by atoms with Gasteiger partial charge in [0.05, 0.1) is 5.92 Å². The highest BCUT2D eigenvalue weighted by Gasteiger charge is 2.14. The molecule has 0 aromatic heterocycles. The van der Waals surface area contributed by atoms with E-state index in [4.69, 9.17) is 10.2 Å². The zero-order valence-corrected chi connectivity index (χ0v) is 6.00. The van der Waals surface area contributed by atoms with Crippen molar-refractivity contribution >= 4 is 5.97 Å². The van der Waals surface area contributed by atoms with Gasteiger partial charge in [0.25, 0.3) is 0 Å². The van der Waals surface area contributed by atoms with E-state index in [1.807, 2.05) is 0 Å². The minimum atomic E-state index is -0.858. The highest BCUT2D eigenvalue weighted by atomic mass is 16.4. The quantitative estimate of drug-likeness (QED) is 0.480. The largest absolute Gasteiger partial charge is 0.481 e. The summed E-state index contributed by atoms with van der Waals surface area (Å²) in [6, 6.07) is 0. The van der Waals surface area contributed by atoms with E-state index in [0.29, 0.717) is 13.0 Å². The van der Waals surface area contributed by atoms with Crippen molar-refractivity contribution in [3.05, 3.63) is 0 Å². The molecule has 0 rings (SSSR count). The second kappa shape index (κ2) is 5.20. The van der Waals surface area contributed by atoms with Gasteiger partial charge in [0.15, 0.2) is 0 Å². The zero-order valence-electron chi connectivity index (χ0n) is 6.00. The summed E-state index contributed by atoms with van der Waals surface area (Å²) >= 11 is 0. The Labute approximate surface area is 59.9 Å². The highest BCUT2D eigenvalue weighted by Crippen LogP contribution is 1.99.